The Hall–Kier alpha value is -0.910. The zero-order valence-corrected chi connectivity index (χ0v) is 9.20. The number of hydrogen-bond donors (Lipinski definition) is 1. The van der Waals surface area contributed by atoms with Crippen molar-refractivity contribution in [2.75, 3.05) is 26.2 Å². The van der Waals surface area contributed by atoms with Gasteiger partial charge in [0.15, 0.2) is 0 Å². The quantitative estimate of drug-likeness (QED) is 0.801. The summed E-state index contributed by atoms with van der Waals surface area (Å²) in [5.74, 6) is 0.0896. The molecule has 82 valence electrons. The number of thiophene rings is 1. The summed E-state index contributed by atoms with van der Waals surface area (Å²) in [5, 5.41) is 1.91. The number of carbonyl (C=O) groups excluding carboxylic acids is 1. The van der Waals surface area contributed by atoms with Crippen LogP contribution in [0.25, 0.3) is 0 Å². The molecule has 1 aliphatic heterocycles. The monoisotopic (exact) mass is 226 g/mol. The average Bonchev–Trinajstić information content (AvgIpc) is 2.81. The van der Waals surface area contributed by atoms with Gasteiger partial charge in [-0.15, -0.1) is 11.3 Å². The maximum absolute atomic E-state index is 12.0. The number of rotatable bonds is 2. The van der Waals surface area contributed by atoms with Gasteiger partial charge in [-0.25, -0.2) is 0 Å². The van der Waals surface area contributed by atoms with Crippen molar-refractivity contribution in [3.8, 4) is 0 Å². The first-order valence-corrected chi connectivity index (χ1v) is 5.83. The predicted molar refractivity (Wildman–Crippen MR) is 59.0 cm³/mol. The molecule has 2 N–H and O–H groups in total. The minimum atomic E-state index is -0.0114. The molecule has 1 aromatic heterocycles. The highest BCUT2D eigenvalue weighted by Crippen LogP contribution is 2.14. The molecule has 1 unspecified atom stereocenters. The maximum Gasteiger partial charge on any atom is 0.264 e. The predicted octanol–water partition coefficient (Wildman–Crippen LogP) is 0.548. The Morgan fingerprint density at radius 2 is 2.60 bits per heavy atom. The topological polar surface area (TPSA) is 55.6 Å². The van der Waals surface area contributed by atoms with E-state index in [1.165, 1.54) is 11.3 Å². The molecule has 4 nitrogen and oxygen atoms in total. The van der Waals surface area contributed by atoms with Crippen molar-refractivity contribution in [3.63, 3.8) is 0 Å². The Morgan fingerprint density at radius 1 is 1.73 bits per heavy atom. The summed E-state index contributed by atoms with van der Waals surface area (Å²) in [6, 6.07) is 3.73. The van der Waals surface area contributed by atoms with E-state index in [4.69, 9.17) is 10.5 Å². The third kappa shape index (κ3) is 2.37. The fourth-order valence-electron chi connectivity index (χ4n) is 1.60. The zero-order valence-electron chi connectivity index (χ0n) is 8.39. The fourth-order valence-corrected chi connectivity index (χ4v) is 2.29. The largest absolute Gasteiger partial charge is 0.373 e. The molecule has 1 fully saturated rings. The standard InChI is InChI=1S/C10H14N2O2S/c11-6-8-7-12(3-4-14-8)10(13)9-2-1-5-15-9/h1-2,5,8H,3-4,6-7,11H2. The molecule has 0 aliphatic carbocycles. The van der Waals surface area contributed by atoms with Gasteiger partial charge in [0.05, 0.1) is 17.6 Å². The van der Waals surface area contributed by atoms with Gasteiger partial charge in [-0.1, -0.05) is 6.07 Å². The Kier molecular flexibility index (Phi) is 3.35. The van der Waals surface area contributed by atoms with Gasteiger partial charge >= 0.3 is 0 Å². The molecule has 1 saturated heterocycles. The number of carbonyl (C=O) groups is 1. The van der Waals surface area contributed by atoms with Gasteiger partial charge in [0.25, 0.3) is 5.91 Å². The van der Waals surface area contributed by atoms with Crippen molar-refractivity contribution in [3.05, 3.63) is 22.4 Å². The van der Waals surface area contributed by atoms with E-state index in [1.807, 2.05) is 22.4 Å². The van der Waals surface area contributed by atoms with Gasteiger partial charge in [0, 0.05) is 19.6 Å². The first-order valence-electron chi connectivity index (χ1n) is 4.95. The highest BCUT2D eigenvalue weighted by atomic mass is 32.1. The van der Waals surface area contributed by atoms with E-state index in [1.54, 1.807) is 0 Å². The van der Waals surface area contributed by atoms with Crippen LogP contribution in [0.4, 0.5) is 0 Å². The maximum atomic E-state index is 12.0. The number of amides is 1. The lowest BCUT2D eigenvalue weighted by molar-refractivity contribution is -0.0165. The van der Waals surface area contributed by atoms with E-state index in [0.29, 0.717) is 26.2 Å². The first kappa shape index (κ1) is 10.6. The molecular weight excluding hydrogens is 212 g/mol. The second kappa shape index (κ2) is 4.74. The van der Waals surface area contributed by atoms with Crippen molar-refractivity contribution in [2.24, 2.45) is 5.73 Å². The van der Waals surface area contributed by atoms with Gasteiger partial charge in [0.1, 0.15) is 0 Å². The summed E-state index contributed by atoms with van der Waals surface area (Å²) in [6.45, 7) is 2.31. The van der Waals surface area contributed by atoms with E-state index >= 15 is 0 Å². The molecular formula is C10H14N2O2S. The summed E-state index contributed by atoms with van der Waals surface area (Å²) in [6.07, 6.45) is -0.0114. The van der Waals surface area contributed by atoms with Gasteiger partial charge in [-0.2, -0.15) is 0 Å². The van der Waals surface area contributed by atoms with Gasteiger partial charge in [-0.05, 0) is 11.4 Å². The molecule has 0 spiro atoms. The molecule has 5 heteroatoms. The lowest BCUT2D eigenvalue weighted by atomic mass is 10.2. The van der Waals surface area contributed by atoms with E-state index in [0.717, 1.165) is 4.88 Å². The second-order valence-corrected chi connectivity index (χ2v) is 4.40. The summed E-state index contributed by atoms with van der Waals surface area (Å²) < 4.78 is 5.41. The van der Waals surface area contributed by atoms with Crippen LogP contribution in [0.15, 0.2) is 17.5 Å². The van der Waals surface area contributed by atoms with E-state index in [-0.39, 0.29) is 12.0 Å². The van der Waals surface area contributed by atoms with Crippen molar-refractivity contribution >= 4 is 17.2 Å². The Balaban J connectivity index is 2.01. The van der Waals surface area contributed by atoms with Crippen LogP contribution >= 0.6 is 11.3 Å². The molecule has 0 aromatic carbocycles. The highest BCUT2D eigenvalue weighted by molar-refractivity contribution is 7.12. The molecule has 15 heavy (non-hydrogen) atoms. The molecule has 1 aromatic rings. The third-order valence-corrected chi connectivity index (χ3v) is 3.28. The van der Waals surface area contributed by atoms with Crippen LogP contribution in [0.1, 0.15) is 9.67 Å². The molecule has 2 heterocycles. The lowest BCUT2D eigenvalue weighted by Crippen LogP contribution is -2.47. The van der Waals surface area contributed by atoms with Crippen LogP contribution in [0.3, 0.4) is 0 Å². The molecule has 0 saturated carbocycles. The third-order valence-electron chi connectivity index (χ3n) is 2.42. The summed E-state index contributed by atoms with van der Waals surface area (Å²) in [4.78, 5) is 14.6. The van der Waals surface area contributed by atoms with Crippen LogP contribution in [0.5, 0.6) is 0 Å². The van der Waals surface area contributed by atoms with Crippen LogP contribution in [-0.4, -0.2) is 43.2 Å². The molecule has 0 radical (unpaired) electrons. The SMILES string of the molecule is NCC1CN(C(=O)c2cccs2)CCO1. The fraction of sp³-hybridized carbons (Fsp3) is 0.500. The summed E-state index contributed by atoms with van der Waals surface area (Å²) in [5.41, 5.74) is 5.52. The Labute approximate surface area is 92.6 Å². The number of nitrogens with zero attached hydrogens (tertiary/aromatic N) is 1. The summed E-state index contributed by atoms with van der Waals surface area (Å²) >= 11 is 1.47. The second-order valence-electron chi connectivity index (χ2n) is 3.46. The van der Waals surface area contributed by atoms with Crippen molar-refractivity contribution in [1.29, 1.82) is 0 Å². The van der Waals surface area contributed by atoms with Crippen molar-refractivity contribution in [1.82, 2.24) is 4.90 Å². The number of hydrogen-bond acceptors (Lipinski definition) is 4. The van der Waals surface area contributed by atoms with Crippen molar-refractivity contribution in [2.45, 2.75) is 6.10 Å². The molecule has 1 amide bonds. The van der Waals surface area contributed by atoms with Gasteiger partial charge in [-0.3, -0.25) is 4.79 Å². The van der Waals surface area contributed by atoms with Crippen LogP contribution in [-0.2, 0) is 4.74 Å². The number of ether oxygens (including phenoxy) is 1. The van der Waals surface area contributed by atoms with Crippen LogP contribution < -0.4 is 5.73 Å². The zero-order chi connectivity index (χ0) is 10.7. The molecule has 2 rings (SSSR count). The first-order chi connectivity index (χ1) is 7.31. The molecule has 1 aliphatic rings. The number of nitrogens with two attached hydrogens (primary N) is 1. The normalized spacial score (nSPS) is 21.7. The van der Waals surface area contributed by atoms with Crippen molar-refractivity contribution < 1.29 is 9.53 Å². The number of morpholine rings is 1. The summed E-state index contributed by atoms with van der Waals surface area (Å²) in [7, 11) is 0. The average molecular weight is 226 g/mol. The Bertz CT molecular complexity index is 326. The lowest BCUT2D eigenvalue weighted by Gasteiger charge is -2.32. The van der Waals surface area contributed by atoms with Gasteiger partial charge in [0.2, 0.25) is 0 Å². The van der Waals surface area contributed by atoms with Crippen LogP contribution in [0.2, 0.25) is 0 Å². The van der Waals surface area contributed by atoms with E-state index in [2.05, 4.69) is 0 Å². The molecule has 1 atom stereocenters. The van der Waals surface area contributed by atoms with E-state index < -0.39 is 0 Å². The van der Waals surface area contributed by atoms with Gasteiger partial charge < -0.3 is 15.4 Å². The van der Waals surface area contributed by atoms with Crippen LogP contribution in [0, 0.1) is 0 Å². The Morgan fingerprint density at radius 3 is 3.27 bits per heavy atom. The molecule has 0 bridgehead atoms. The minimum absolute atomic E-state index is 0.0114. The highest BCUT2D eigenvalue weighted by Gasteiger charge is 2.24. The minimum Gasteiger partial charge on any atom is -0.373 e. The smallest absolute Gasteiger partial charge is 0.264 e. The van der Waals surface area contributed by atoms with E-state index in [9.17, 15) is 4.79 Å².